The second-order valence-corrected chi connectivity index (χ2v) is 5.44. The van der Waals surface area contributed by atoms with Crippen LogP contribution in [0.5, 0.6) is 0 Å². The van der Waals surface area contributed by atoms with E-state index in [9.17, 15) is 4.79 Å². The Morgan fingerprint density at radius 1 is 1.27 bits per heavy atom. The Morgan fingerprint density at radius 3 is 2.95 bits per heavy atom. The summed E-state index contributed by atoms with van der Waals surface area (Å²) in [5.41, 5.74) is 1.66. The first kappa shape index (κ1) is 12.9. The molecule has 1 aliphatic carbocycles. The zero-order valence-corrected chi connectivity index (χ0v) is 11.8. The molecule has 0 radical (unpaired) electrons. The topological polar surface area (TPSA) is 70.9 Å². The highest BCUT2D eigenvalue weighted by Gasteiger charge is 2.45. The lowest BCUT2D eigenvalue weighted by Crippen LogP contribution is -2.15. The number of para-hydroxylation sites is 1. The Hall–Kier alpha value is -2.82. The molecule has 4 rings (SSSR count). The summed E-state index contributed by atoms with van der Waals surface area (Å²) < 4.78 is 5.38. The van der Waals surface area contributed by atoms with Crippen LogP contribution in [0.25, 0.3) is 11.4 Å². The van der Waals surface area contributed by atoms with Crippen LogP contribution < -0.4 is 5.32 Å². The van der Waals surface area contributed by atoms with Crippen molar-refractivity contribution < 1.29 is 9.21 Å². The number of rotatable bonds is 4. The quantitative estimate of drug-likeness (QED) is 0.774. The van der Waals surface area contributed by atoms with Crippen molar-refractivity contribution in [2.45, 2.75) is 12.3 Å². The van der Waals surface area contributed by atoms with Gasteiger partial charge in [-0.15, -0.1) is 0 Å². The minimum absolute atomic E-state index is 0.0178. The number of amides is 1. The molecule has 1 fully saturated rings. The molecule has 1 aliphatic rings. The molecule has 1 aromatic carbocycles. The van der Waals surface area contributed by atoms with Gasteiger partial charge in [0.05, 0.1) is 12.0 Å². The lowest BCUT2D eigenvalue weighted by Gasteiger charge is -2.09. The van der Waals surface area contributed by atoms with Crippen molar-refractivity contribution in [2.24, 2.45) is 5.92 Å². The Balaban J connectivity index is 1.52. The molecule has 110 valence electrons. The highest BCUT2D eigenvalue weighted by molar-refractivity contribution is 5.98. The molecule has 0 bridgehead atoms. The third-order valence-electron chi connectivity index (χ3n) is 3.97. The van der Waals surface area contributed by atoms with E-state index in [2.05, 4.69) is 15.3 Å². The third-order valence-corrected chi connectivity index (χ3v) is 3.97. The molecule has 2 heterocycles. The van der Waals surface area contributed by atoms with Crippen LogP contribution in [0.15, 0.2) is 59.5 Å². The maximum Gasteiger partial charge on any atom is 0.228 e. The molecule has 1 amide bonds. The second-order valence-electron chi connectivity index (χ2n) is 5.44. The first-order chi connectivity index (χ1) is 10.8. The molecule has 5 nitrogen and oxygen atoms in total. The number of benzene rings is 1. The van der Waals surface area contributed by atoms with E-state index in [-0.39, 0.29) is 17.7 Å². The molecule has 1 saturated carbocycles. The minimum Gasteiger partial charge on any atom is -0.469 e. The number of nitrogens with zero attached hydrogens (tertiary/aromatic N) is 1. The molecule has 2 atom stereocenters. The van der Waals surface area contributed by atoms with Crippen LogP contribution >= 0.6 is 0 Å². The van der Waals surface area contributed by atoms with Gasteiger partial charge in [-0.3, -0.25) is 4.79 Å². The highest BCUT2D eigenvalue weighted by Crippen LogP contribution is 2.48. The van der Waals surface area contributed by atoms with Crippen LogP contribution in [0.3, 0.4) is 0 Å². The van der Waals surface area contributed by atoms with E-state index in [0.717, 1.165) is 29.3 Å². The average Bonchev–Trinajstić information content (AvgIpc) is 2.96. The zero-order chi connectivity index (χ0) is 14.9. The van der Waals surface area contributed by atoms with E-state index in [1.54, 1.807) is 18.7 Å². The number of anilines is 1. The van der Waals surface area contributed by atoms with E-state index in [1.807, 2.05) is 36.4 Å². The normalized spacial score (nSPS) is 19.8. The third kappa shape index (κ3) is 2.30. The van der Waals surface area contributed by atoms with E-state index in [1.165, 1.54) is 0 Å². The van der Waals surface area contributed by atoms with Crippen LogP contribution in [-0.2, 0) is 4.79 Å². The van der Waals surface area contributed by atoms with E-state index >= 15 is 0 Å². The van der Waals surface area contributed by atoms with Crippen LogP contribution in [-0.4, -0.2) is 15.9 Å². The first-order valence-electron chi connectivity index (χ1n) is 7.26. The van der Waals surface area contributed by atoms with Gasteiger partial charge in [-0.2, -0.15) is 0 Å². The standard InChI is InChI=1S/C17H15N3O2/c21-17(13-10-12(13)15-6-3-9-22-15)20-14-5-2-1-4-11(14)16-18-7-8-19-16/h1-9,12-13H,10H2,(H,18,19)(H,20,21)/t12-,13+/m0/s1. The van der Waals surface area contributed by atoms with Crippen molar-refractivity contribution in [3.63, 3.8) is 0 Å². The van der Waals surface area contributed by atoms with Gasteiger partial charge in [0.15, 0.2) is 0 Å². The summed E-state index contributed by atoms with van der Waals surface area (Å²) in [5.74, 6) is 1.84. The number of nitrogens with one attached hydrogen (secondary N) is 2. The predicted molar refractivity (Wildman–Crippen MR) is 82.2 cm³/mol. The van der Waals surface area contributed by atoms with Crippen LogP contribution in [0, 0.1) is 5.92 Å². The van der Waals surface area contributed by atoms with Crippen LogP contribution in [0.1, 0.15) is 18.1 Å². The van der Waals surface area contributed by atoms with Gasteiger partial charge in [0, 0.05) is 29.8 Å². The van der Waals surface area contributed by atoms with E-state index < -0.39 is 0 Å². The summed E-state index contributed by atoms with van der Waals surface area (Å²) >= 11 is 0. The van der Waals surface area contributed by atoms with Crippen molar-refractivity contribution in [1.82, 2.24) is 9.97 Å². The van der Waals surface area contributed by atoms with Crippen molar-refractivity contribution in [1.29, 1.82) is 0 Å². The summed E-state index contributed by atoms with van der Waals surface area (Å²) in [7, 11) is 0. The van der Waals surface area contributed by atoms with Gasteiger partial charge in [-0.25, -0.2) is 4.98 Å². The molecule has 2 N–H and O–H groups in total. The molecular formula is C17H15N3O2. The van der Waals surface area contributed by atoms with Gasteiger partial charge < -0.3 is 14.7 Å². The Bertz CT molecular complexity index is 778. The monoisotopic (exact) mass is 293 g/mol. The molecular weight excluding hydrogens is 278 g/mol. The largest absolute Gasteiger partial charge is 0.469 e. The lowest BCUT2D eigenvalue weighted by atomic mass is 10.1. The number of aromatic nitrogens is 2. The van der Waals surface area contributed by atoms with E-state index in [4.69, 9.17) is 4.42 Å². The molecule has 3 aromatic rings. The number of imidazole rings is 1. The summed E-state index contributed by atoms with van der Waals surface area (Å²) in [6.45, 7) is 0. The molecule has 0 saturated heterocycles. The Morgan fingerprint density at radius 2 is 2.18 bits per heavy atom. The molecule has 0 aliphatic heterocycles. The smallest absolute Gasteiger partial charge is 0.228 e. The van der Waals surface area contributed by atoms with Crippen LogP contribution in [0.2, 0.25) is 0 Å². The van der Waals surface area contributed by atoms with Crippen molar-refractivity contribution in [2.75, 3.05) is 5.32 Å². The minimum atomic E-state index is -0.0178. The molecule has 22 heavy (non-hydrogen) atoms. The fourth-order valence-corrected chi connectivity index (χ4v) is 2.74. The Kier molecular flexibility index (Phi) is 3.04. The van der Waals surface area contributed by atoms with Crippen molar-refractivity contribution >= 4 is 11.6 Å². The summed E-state index contributed by atoms with van der Waals surface area (Å²) in [5, 5.41) is 3.01. The number of hydrogen-bond donors (Lipinski definition) is 2. The second kappa shape index (κ2) is 5.18. The molecule has 0 spiro atoms. The maximum atomic E-state index is 12.4. The highest BCUT2D eigenvalue weighted by atomic mass is 16.3. The summed E-state index contributed by atoms with van der Waals surface area (Å²) in [4.78, 5) is 19.7. The SMILES string of the molecule is O=C(Nc1ccccc1-c1ncc[nH]1)[C@@H]1C[C@@H]1c1ccco1. The van der Waals surface area contributed by atoms with Gasteiger partial charge in [-0.05, 0) is 30.7 Å². The fraction of sp³-hybridized carbons (Fsp3) is 0.176. The zero-order valence-electron chi connectivity index (χ0n) is 11.8. The van der Waals surface area contributed by atoms with E-state index in [0.29, 0.717) is 0 Å². The van der Waals surface area contributed by atoms with Crippen molar-refractivity contribution in [3.05, 3.63) is 60.8 Å². The predicted octanol–water partition coefficient (Wildman–Crippen LogP) is 3.41. The van der Waals surface area contributed by atoms with Crippen LogP contribution in [0.4, 0.5) is 5.69 Å². The summed E-state index contributed by atoms with van der Waals surface area (Å²) in [6.07, 6.45) is 5.95. The maximum absolute atomic E-state index is 12.4. The van der Waals surface area contributed by atoms with Gasteiger partial charge in [0.2, 0.25) is 5.91 Å². The molecule has 0 unspecified atom stereocenters. The molecule has 5 heteroatoms. The van der Waals surface area contributed by atoms with Crippen molar-refractivity contribution in [3.8, 4) is 11.4 Å². The van der Waals surface area contributed by atoms with Gasteiger partial charge >= 0.3 is 0 Å². The molecule has 2 aromatic heterocycles. The average molecular weight is 293 g/mol. The first-order valence-corrected chi connectivity index (χ1v) is 7.26. The number of carbonyl (C=O) groups is 1. The van der Waals surface area contributed by atoms with Gasteiger partial charge in [-0.1, -0.05) is 12.1 Å². The lowest BCUT2D eigenvalue weighted by molar-refractivity contribution is -0.117. The number of H-pyrrole nitrogens is 1. The number of hydrogen-bond acceptors (Lipinski definition) is 3. The number of furan rings is 1. The number of aromatic amines is 1. The summed E-state index contributed by atoms with van der Waals surface area (Å²) in [6, 6.07) is 11.4. The number of carbonyl (C=O) groups excluding carboxylic acids is 1. The Labute approximate surface area is 127 Å². The van der Waals surface area contributed by atoms with Gasteiger partial charge in [0.25, 0.3) is 0 Å². The fourth-order valence-electron chi connectivity index (χ4n) is 2.74. The van der Waals surface area contributed by atoms with Gasteiger partial charge in [0.1, 0.15) is 11.6 Å².